The maximum atomic E-state index is 12.2. The van der Waals surface area contributed by atoms with E-state index in [0.29, 0.717) is 30.3 Å². The molecule has 1 fully saturated rings. The average Bonchev–Trinajstić information content (AvgIpc) is 2.56. The zero-order valence-corrected chi connectivity index (χ0v) is 14.8. The van der Waals surface area contributed by atoms with Crippen LogP contribution in [0.5, 0.6) is 5.75 Å². The molecule has 2 rings (SSSR count). The van der Waals surface area contributed by atoms with Gasteiger partial charge in [-0.05, 0) is 56.6 Å². The lowest BCUT2D eigenvalue weighted by Gasteiger charge is -2.32. The summed E-state index contributed by atoms with van der Waals surface area (Å²) < 4.78 is 5.55. The van der Waals surface area contributed by atoms with E-state index in [1.807, 2.05) is 11.9 Å². The molecule has 0 unspecified atom stereocenters. The van der Waals surface area contributed by atoms with Crippen LogP contribution in [-0.4, -0.2) is 50.0 Å². The Balaban J connectivity index is 0.00000288. The van der Waals surface area contributed by atoms with E-state index in [9.17, 15) is 9.59 Å². The quantitative estimate of drug-likeness (QED) is 0.775. The Hall–Kier alpha value is -1.79. The zero-order chi connectivity index (χ0) is 16.7. The van der Waals surface area contributed by atoms with E-state index < -0.39 is 5.91 Å². The first-order valence-corrected chi connectivity index (χ1v) is 8.05. The van der Waals surface area contributed by atoms with Gasteiger partial charge in [0, 0.05) is 18.7 Å². The molecule has 0 aromatic heterocycles. The summed E-state index contributed by atoms with van der Waals surface area (Å²) >= 11 is 0. The number of amides is 2. The number of primary amides is 1. The Kier molecular flexibility index (Phi) is 8.57. The fraction of sp³-hybridized carbons (Fsp3) is 0.529. The monoisotopic (exact) mass is 355 g/mol. The third-order valence-electron chi connectivity index (χ3n) is 4.18. The van der Waals surface area contributed by atoms with E-state index in [2.05, 4.69) is 5.32 Å². The molecule has 24 heavy (non-hydrogen) atoms. The van der Waals surface area contributed by atoms with Gasteiger partial charge in [0.15, 0.2) is 0 Å². The van der Waals surface area contributed by atoms with Crippen LogP contribution in [0, 0.1) is 5.92 Å². The number of halogens is 1. The number of likely N-dealkylation sites (tertiary alicyclic amines) is 1. The van der Waals surface area contributed by atoms with Crippen LogP contribution in [0.4, 0.5) is 0 Å². The van der Waals surface area contributed by atoms with Crippen LogP contribution in [0.15, 0.2) is 24.3 Å². The summed E-state index contributed by atoms with van der Waals surface area (Å²) in [6.07, 6.45) is 2.48. The Labute approximate surface area is 149 Å². The van der Waals surface area contributed by atoms with Crippen LogP contribution in [0.25, 0.3) is 0 Å². The van der Waals surface area contributed by atoms with E-state index in [-0.39, 0.29) is 18.3 Å². The van der Waals surface area contributed by atoms with Gasteiger partial charge in [0.05, 0.1) is 13.0 Å². The van der Waals surface area contributed by atoms with Crippen LogP contribution in [0.2, 0.25) is 0 Å². The molecular weight excluding hydrogens is 330 g/mol. The molecule has 7 heteroatoms. The Morgan fingerprint density at radius 3 is 2.42 bits per heavy atom. The third-order valence-corrected chi connectivity index (χ3v) is 4.18. The van der Waals surface area contributed by atoms with E-state index in [0.717, 1.165) is 32.5 Å². The topological polar surface area (TPSA) is 84.7 Å². The van der Waals surface area contributed by atoms with Gasteiger partial charge >= 0.3 is 0 Å². The molecule has 1 heterocycles. The van der Waals surface area contributed by atoms with E-state index in [1.165, 1.54) is 0 Å². The number of benzene rings is 1. The van der Waals surface area contributed by atoms with Crippen LogP contribution in [0.1, 0.15) is 29.6 Å². The Morgan fingerprint density at radius 2 is 1.88 bits per heavy atom. The second-order valence-corrected chi connectivity index (χ2v) is 5.87. The van der Waals surface area contributed by atoms with Gasteiger partial charge < -0.3 is 20.7 Å². The molecule has 6 nitrogen and oxygen atoms in total. The summed E-state index contributed by atoms with van der Waals surface area (Å²) in [6, 6.07) is 6.61. The highest BCUT2D eigenvalue weighted by Crippen LogP contribution is 2.17. The van der Waals surface area contributed by atoms with Crippen molar-refractivity contribution < 1.29 is 14.3 Å². The first kappa shape index (κ1) is 20.3. The predicted octanol–water partition coefficient (Wildman–Crippen LogP) is 1.43. The van der Waals surface area contributed by atoms with Gasteiger partial charge in [0.25, 0.3) is 0 Å². The maximum absolute atomic E-state index is 12.2. The predicted molar refractivity (Wildman–Crippen MR) is 95.6 cm³/mol. The first-order valence-electron chi connectivity index (χ1n) is 8.05. The molecule has 0 aliphatic carbocycles. The molecule has 3 N–H and O–H groups in total. The van der Waals surface area contributed by atoms with Crippen LogP contribution in [-0.2, 0) is 4.79 Å². The lowest BCUT2D eigenvalue weighted by molar-refractivity contribution is -0.133. The van der Waals surface area contributed by atoms with Crippen molar-refractivity contribution in [3.63, 3.8) is 0 Å². The number of rotatable bonds is 7. The number of carbonyl (C=O) groups is 2. The molecular formula is C17H26ClN3O3. The number of nitrogens with two attached hydrogens (primary N) is 1. The Morgan fingerprint density at radius 1 is 1.25 bits per heavy atom. The number of nitrogens with one attached hydrogen (secondary N) is 1. The minimum atomic E-state index is -0.464. The van der Waals surface area contributed by atoms with Crippen LogP contribution >= 0.6 is 12.4 Å². The molecule has 0 bridgehead atoms. The largest absolute Gasteiger partial charge is 0.493 e. The van der Waals surface area contributed by atoms with Crippen molar-refractivity contribution in [2.45, 2.75) is 19.3 Å². The van der Waals surface area contributed by atoms with E-state index in [4.69, 9.17) is 10.5 Å². The number of hydrogen-bond donors (Lipinski definition) is 2. The summed E-state index contributed by atoms with van der Waals surface area (Å²) in [5.41, 5.74) is 5.62. The highest BCUT2D eigenvalue weighted by molar-refractivity contribution is 5.92. The van der Waals surface area contributed by atoms with Gasteiger partial charge in [0.2, 0.25) is 11.8 Å². The zero-order valence-electron chi connectivity index (χ0n) is 14.0. The molecule has 0 saturated carbocycles. The van der Waals surface area contributed by atoms with Gasteiger partial charge in [-0.1, -0.05) is 0 Å². The maximum Gasteiger partial charge on any atom is 0.248 e. The first-order chi connectivity index (χ1) is 11.1. The highest BCUT2D eigenvalue weighted by atomic mass is 35.5. The molecule has 1 aliphatic rings. The molecule has 1 aromatic carbocycles. The number of ether oxygens (including phenoxy) is 1. The summed E-state index contributed by atoms with van der Waals surface area (Å²) in [7, 11) is 1.96. The second-order valence-electron chi connectivity index (χ2n) is 5.87. The van der Waals surface area contributed by atoms with Gasteiger partial charge in [-0.15, -0.1) is 12.4 Å². The van der Waals surface area contributed by atoms with Crippen molar-refractivity contribution in [3.05, 3.63) is 29.8 Å². The summed E-state index contributed by atoms with van der Waals surface area (Å²) in [5, 5.41) is 3.19. The molecule has 134 valence electrons. The molecule has 0 radical (unpaired) electrons. The number of carbonyl (C=O) groups excluding carboxylic acids is 2. The molecule has 0 atom stereocenters. The normalized spacial score (nSPS) is 14.8. The standard InChI is InChI=1S/C17H25N3O3.ClH/c1-19-12-13-6-9-20(10-7-13)16(21)8-11-23-15-4-2-14(3-5-15)17(18)22;/h2-5,13,19H,6-12H2,1H3,(H2,18,22);1H. The minimum absolute atomic E-state index is 0. The minimum Gasteiger partial charge on any atom is -0.493 e. The highest BCUT2D eigenvalue weighted by Gasteiger charge is 2.21. The summed E-state index contributed by atoms with van der Waals surface area (Å²) in [4.78, 5) is 25.1. The second kappa shape index (κ2) is 10.2. The van der Waals surface area contributed by atoms with E-state index in [1.54, 1.807) is 24.3 Å². The summed E-state index contributed by atoms with van der Waals surface area (Å²) in [6.45, 7) is 3.02. The number of hydrogen-bond acceptors (Lipinski definition) is 4. The fourth-order valence-corrected chi connectivity index (χ4v) is 2.80. The van der Waals surface area contributed by atoms with Gasteiger partial charge in [-0.2, -0.15) is 0 Å². The smallest absolute Gasteiger partial charge is 0.248 e. The lowest BCUT2D eigenvalue weighted by Crippen LogP contribution is -2.40. The van der Waals surface area contributed by atoms with Gasteiger partial charge in [-0.25, -0.2) is 0 Å². The molecule has 1 aromatic rings. The number of piperidine rings is 1. The SMILES string of the molecule is CNCC1CCN(C(=O)CCOc2ccc(C(N)=O)cc2)CC1.Cl. The lowest BCUT2D eigenvalue weighted by atomic mass is 9.97. The van der Waals surface area contributed by atoms with Crippen molar-refractivity contribution in [3.8, 4) is 5.75 Å². The van der Waals surface area contributed by atoms with Crippen molar-refractivity contribution in [2.24, 2.45) is 11.7 Å². The Bertz CT molecular complexity index is 528. The molecule has 2 amide bonds. The summed E-state index contributed by atoms with van der Waals surface area (Å²) in [5.74, 6) is 0.981. The average molecular weight is 356 g/mol. The third kappa shape index (κ3) is 6.02. The van der Waals surface area contributed by atoms with Crippen molar-refractivity contribution in [1.82, 2.24) is 10.2 Å². The molecule has 1 saturated heterocycles. The van der Waals surface area contributed by atoms with E-state index >= 15 is 0 Å². The van der Waals surface area contributed by atoms with Crippen LogP contribution in [0.3, 0.4) is 0 Å². The fourth-order valence-electron chi connectivity index (χ4n) is 2.80. The van der Waals surface area contributed by atoms with Gasteiger partial charge in [-0.3, -0.25) is 9.59 Å². The van der Waals surface area contributed by atoms with Crippen molar-refractivity contribution >= 4 is 24.2 Å². The van der Waals surface area contributed by atoms with Crippen molar-refractivity contribution in [1.29, 1.82) is 0 Å². The van der Waals surface area contributed by atoms with Crippen LogP contribution < -0.4 is 15.8 Å². The van der Waals surface area contributed by atoms with Gasteiger partial charge in [0.1, 0.15) is 5.75 Å². The van der Waals surface area contributed by atoms with Crippen molar-refractivity contribution in [2.75, 3.05) is 33.3 Å². The number of nitrogens with zero attached hydrogens (tertiary/aromatic N) is 1. The molecule has 1 aliphatic heterocycles. The molecule has 0 spiro atoms.